The van der Waals surface area contributed by atoms with Crippen molar-refractivity contribution in [3.8, 4) is 0 Å². The Kier molecular flexibility index (Phi) is 3.81. The third-order valence-corrected chi connectivity index (χ3v) is 3.01. The van der Waals surface area contributed by atoms with E-state index in [-0.39, 0.29) is 17.7 Å². The molecule has 0 amide bonds. The van der Waals surface area contributed by atoms with Gasteiger partial charge in [0, 0.05) is 14.1 Å². The van der Waals surface area contributed by atoms with E-state index in [1.54, 1.807) is 0 Å². The van der Waals surface area contributed by atoms with Gasteiger partial charge in [0.25, 0.3) is 5.56 Å². The molecule has 8 nitrogen and oxygen atoms in total. The summed E-state index contributed by atoms with van der Waals surface area (Å²) in [6.45, 7) is -0.790. The van der Waals surface area contributed by atoms with E-state index >= 15 is 0 Å². The molecular formula is C11H11F3N4O4. The maximum absolute atomic E-state index is 12.0. The number of ether oxygens (including phenoxy) is 1. The molecule has 0 atom stereocenters. The molecule has 0 fully saturated rings. The van der Waals surface area contributed by atoms with E-state index in [0.29, 0.717) is 0 Å². The second kappa shape index (κ2) is 5.31. The Bertz CT molecular complexity index is 846. The molecule has 2 aromatic heterocycles. The van der Waals surface area contributed by atoms with Crippen LogP contribution in [0.15, 0.2) is 15.9 Å². The minimum Gasteiger partial charge on any atom is -0.457 e. The van der Waals surface area contributed by atoms with Crippen molar-refractivity contribution in [2.45, 2.75) is 12.7 Å². The topological polar surface area (TPSA) is 88.1 Å². The van der Waals surface area contributed by atoms with Gasteiger partial charge in [0.1, 0.15) is 6.61 Å². The summed E-state index contributed by atoms with van der Waals surface area (Å²) in [7, 11) is 2.68. The monoisotopic (exact) mass is 320 g/mol. The molecule has 0 radical (unpaired) electrons. The van der Waals surface area contributed by atoms with Gasteiger partial charge in [-0.05, 0) is 0 Å². The van der Waals surface area contributed by atoms with Crippen LogP contribution in [0.3, 0.4) is 0 Å². The number of rotatable bonds is 3. The Morgan fingerprint density at radius 1 is 1.27 bits per heavy atom. The maximum Gasteiger partial charge on any atom is 0.490 e. The van der Waals surface area contributed by atoms with Crippen LogP contribution in [-0.4, -0.2) is 37.4 Å². The number of esters is 1. The summed E-state index contributed by atoms with van der Waals surface area (Å²) in [6, 6.07) is 0. The fraction of sp³-hybridized carbons (Fsp3) is 0.455. The van der Waals surface area contributed by atoms with Gasteiger partial charge in [0.05, 0.1) is 12.9 Å². The molecule has 0 aliphatic rings. The number of aryl methyl sites for hydroxylation is 1. The maximum atomic E-state index is 12.0. The number of hydrogen-bond donors (Lipinski definition) is 0. The van der Waals surface area contributed by atoms with Crippen LogP contribution >= 0.6 is 0 Å². The lowest BCUT2D eigenvalue weighted by Gasteiger charge is -2.08. The lowest BCUT2D eigenvalue weighted by molar-refractivity contribution is -0.199. The van der Waals surface area contributed by atoms with Gasteiger partial charge in [0.2, 0.25) is 0 Å². The molecule has 22 heavy (non-hydrogen) atoms. The fourth-order valence-electron chi connectivity index (χ4n) is 1.89. The van der Waals surface area contributed by atoms with Crippen LogP contribution in [0.1, 0.15) is 0 Å². The summed E-state index contributed by atoms with van der Waals surface area (Å²) >= 11 is 0. The molecule has 0 bridgehead atoms. The normalized spacial score (nSPS) is 11.9. The SMILES string of the molecule is Cn1c(=O)c2c(ncn2CCOC(=O)C(F)(F)F)n(C)c1=O. The summed E-state index contributed by atoms with van der Waals surface area (Å²) < 4.78 is 43.3. The number of halogens is 3. The molecule has 120 valence electrons. The van der Waals surface area contributed by atoms with Gasteiger partial charge >= 0.3 is 17.8 Å². The second-order valence-electron chi connectivity index (χ2n) is 4.45. The second-order valence-corrected chi connectivity index (χ2v) is 4.45. The summed E-state index contributed by atoms with van der Waals surface area (Å²) in [6.07, 6.45) is -3.88. The van der Waals surface area contributed by atoms with Crippen LogP contribution in [0.2, 0.25) is 0 Å². The van der Waals surface area contributed by atoms with Crippen molar-refractivity contribution in [1.29, 1.82) is 0 Å². The predicted octanol–water partition coefficient (Wildman–Crippen LogP) is -0.461. The van der Waals surface area contributed by atoms with E-state index in [9.17, 15) is 27.6 Å². The zero-order chi connectivity index (χ0) is 16.7. The molecule has 2 heterocycles. The van der Waals surface area contributed by atoms with Gasteiger partial charge in [-0.25, -0.2) is 14.6 Å². The van der Waals surface area contributed by atoms with Gasteiger partial charge in [-0.3, -0.25) is 13.9 Å². The van der Waals surface area contributed by atoms with Crippen molar-refractivity contribution >= 4 is 17.1 Å². The van der Waals surface area contributed by atoms with Gasteiger partial charge in [-0.2, -0.15) is 13.2 Å². The van der Waals surface area contributed by atoms with Gasteiger partial charge in [-0.15, -0.1) is 0 Å². The standard InChI is InChI=1S/C11H11F3N4O4/c1-16-7-6(8(19)17(2)10(16)21)18(5-15-7)3-4-22-9(20)11(12,13)14/h5H,3-4H2,1-2H3. The molecule has 0 aliphatic carbocycles. The lowest BCUT2D eigenvalue weighted by Crippen LogP contribution is -2.37. The van der Waals surface area contributed by atoms with Crippen molar-refractivity contribution in [2.24, 2.45) is 14.1 Å². The summed E-state index contributed by atoms with van der Waals surface area (Å²) in [5, 5.41) is 0. The largest absolute Gasteiger partial charge is 0.490 e. The first kappa shape index (κ1) is 15.8. The van der Waals surface area contributed by atoms with Crippen molar-refractivity contribution in [1.82, 2.24) is 18.7 Å². The van der Waals surface area contributed by atoms with Crippen LogP contribution in [0.4, 0.5) is 13.2 Å². The minimum absolute atomic E-state index is 0.0349. The van der Waals surface area contributed by atoms with E-state index in [2.05, 4.69) is 9.72 Å². The number of fused-ring (bicyclic) bond motifs is 1. The zero-order valence-corrected chi connectivity index (χ0v) is 11.5. The number of carbonyl (C=O) groups is 1. The Hall–Kier alpha value is -2.59. The lowest BCUT2D eigenvalue weighted by atomic mass is 10.5. The fourth-order valence-corrected chi connectivity index (χ4v) is 1.89. The Morgan fingerprint density at radius 3 is 2.50 bits per heavy atom. The number of nitrogens with zero attached hydrogens (tertiary/aromatic N) is 4. The number of carbonyl (C=O) groups excluding carboxylic acids is 1. The molecule has 0 aliphatic heterocycles. The average Bonchev–Trinajstić information content (AvgIpc) is 2.85. The van der Waals surface area contributed by atoms with Crippen LogP contribution in [0, 0.1) is 0 Å². The molecule has 0 unspecified atom stereocenters. The Balaban J connectivity index is 2.29. The van der Waals surface area contributed by atoms with Gasteiger partial charge in [0.15, 0.2) is 11.2 Å². The highest BCUT2D eigenvalue weighted by Crippen LogP contribution is 2.16. The van der Waals surface area contributed by atoms with E-state index in [0.717, 1.165) is 9.13 Å². The van der Waals surface area contributed by atoms with Crippen molar-refractivity contribution in [3.63, 3.8) is 0 Å². The Morgan fingerprint density at radius 2 is 1.91 bits per heavy atom. The number of imidazole rings is 1. The minimum atomic E-state index is -5.07. The third kappa shape index (κ3) is 2.61. The quantitative estimate of drug-likeness (QED) is 0.714. The van der Waals surface area contributed by atoms with E-state index < -0.39 is 30.0 Å². The first-order chi connectivity index (χ1) is 10.1. The molecule has 11 heteroatoms. The van der Waals surface area contributed by atoms with Crippen molar-refractivity contribution < 1.29 is 22.7 Å². The van der Waals surface area contributed by atoms with Crippen LogP contribution in [0.5, 0.6) is 0 Å². The van der Waals surface area contributed by atoms with Crippen molar-refractivity contribution in [3.05, 3.63) is 27.2 Å². The predicted molar refractivity (Wildman–Crippen MR) is 67.2 cm³/mol. The molecule has 0 spiro atoms. The van der Waals surface area contributed by atoms with Crippen molar-refractivity contribution in [2.75, 3.05) is 6.61 Å². The number of aromatic nitrogens is 4. The highest BCUT2D eigenvalue weighted by atomic mass is 19.4. The highest BCUT2D eigenvalue weighted by molar-refractivity contribution is 5.75. The molecular weight excluding hydrogens is 309 g/mol. The molecule has 0 saturated heterocycles. The highest BCUT2D eigenvalue weighted by Gasteiger charge is 2.40. The number of hydrogen-bond acceptors (Lipinski definition) is 5. The Labute approximate surface area is 120 Å². The van der Waals surface area contributed by atoms with Gasteiger partial charge < -0.3 is 9.30 Å². The summed E-state index contributed by atoms with van der Waals surface area (Å²) in [4.78, 5) is 38.2. The summed E-state index contributed by atoms with van der Waals surface area (Å²) in [5.41, 5.74) is -1.09. The number of alkyl halides is 3. The first-order valence-corrected chi connectivity index (χ1v) is 5.99. The van der Waals surface area contributed by atoms with E-state index in [1.165, 1.54) is 25.0 Å². The first-order valence-electron chi connectivity index (χ1n) is 5.99. The van der Waals surface area contributed by atoms with Crippen LogP contribution < -0.4 is 11.2 Å². The van der Waals surface area contributed by atoms with Crippen LogP contribution in [-0.2, 0) is 30.2 Å². The van der Waals surface area contributed by atoms with E-state index in [1.807, 2.05) is 0 Å². The van der Waals surface area contributed by atoms with Gasteiger partial charge in [-0.1, -0.05) is 0 Å². The molecule has 0 N–H and O–H groups in total. The molecule has 0 saturated carbocycles. The molecule has 0 aromatic carbocycles. The zero-order valence-electron chi connectivity index (χ0n) is 11.5. The average molecular weight is 320 g/mol. The molecule has 2 rings (SSSR count). The summed E-state index contributed by atoms with van der Waals surface area (Å²) in [5.74, 6) is -2.31. The van der Waals surface area contributed by atoms with E-state index in [4.69, 9.17) is 0 Å². The van der Waals surface area contributed by atoms with Crippen LogP contribution in [0.25, 0.3) is 11.2 Å². The third-order valence-electron chi connectivity index (χ3n) is 3.01. The molecule has 2 aromatic rings. The smallest absolute Gasteiger partial charge is 0.457 e.